The minimum absolute atomic E-state index is 0.104. The van der Waals surface area contributed by atoms with Gasteiger partial charge in [-0.25, -0.2) is 13.9 Å². The average molecular weight is 515 g/mol. The minimum Gasteiger partial charge on any atom is -0.365 e. The summed E-state index contributed by atoms with van der Waals surface area (Å²) in [7, 11) is 0. The van der Waals surface area contributed by atoms with Crippen molar-refractivity contribution in [2.24, 2.45) is 0 Å². The molecule has 5 nitrogen and oxygen atoms in total. The number of hydrogen-bond donors (Lipinski definition) is 2. The van der Waals surface area contributed by atoms with Crippen LogP contribution < -0.4 is 10.9 Å². The van der Waals surface area contributed by atoms with Crippen molar-refractivity contribution in [2.75, 3.05) is 11.9 Å². The first kappa shape index (κ1) is 24.7. The number of aromatic nitrogens is 2. The number of fused-ring (bicyclic) bond motifs is 3. The summed E-state index contributed by atoms with van der Waals surface area (Å²) in [6.45, 7) is 1.01. The predicted octanol–water partition coefficient (Wildman–Crippen LogP) is 6.22. The summed E-state index contributed by atoms with van der Waals surface area (Å²) < 4.78 is 27.2. The Morgan fingerprint density at radius 2 is 1.45 bits per heavy atom. The van der Waals surface area contributed by atoms with Crippen molar-refractivity contribution in [3.63, 3.8) is 0 Å². The van der Waals surface area contributed by atoms with Gasteiger partial charge in [0.15, 0.2) is 5.82 Å². The summed E-state index contributed by atoms with van der Waals surface area (Å²) >= 11 is 0. The zero-order valence-corrected chi connectivity index (χ0v) is 21.2. The molecule has 2 N–H and O–H groups in total. The molecule has 0 amide bonds. The molecule has 3 heterocycles. The van der Waals surface area contributed by atoms with Gasteiger partial charge in [-0.2, -0.15) is 5.10 Å². The average Bonchev–Trinajstić information content (AvgIpc) is 3.17. The summed E-state index contributed by atoms with van der Waals surface area (Å²) in [6, 6.07) is 22.4. The molecule has 196 valence electrons. The van der Waals surface area contributed by atoms with E-state index in [2.05, 4.69) is 20.4 Å². The van der Waals surface area contributed by atoms with Crippen LogP contribution in [0.25, 0.3) is 10.8 Å². The second kappa shape index (κ2) is 10.7. The molecule has 2 bridgehead atoms. The molecular weight excluding hydrogens is 482 g/mol. The molecule has 0 unspecified atom stereocenters. The van der Waals surface area contributed by atoms with E-state index in [0.29, 0.717) is 23.5 Å². The van der Waals surface area contributed by atoms with Crippen LogP contribution in [-0.2, 0) is 0 Å². The molecular formula is C31H32F2N4O. The molecule has 2 aliphatic rings. The van der Waals surface area contributed by atoms with Crippen molar-refractivity contribution in [1.29, 1.82) is 0 Å². The number of anilines is 1. The molecule has 0 aliphatic carbocycles. The van der Waals surface area contributed by atoms with Crippen LogP contribution in [0.15, 0.2) is 77.6 Å². The number of piperidine rings is 1. The highest BCUT2D eigenvalue weighted by molar-refractivity contribution is 5.90. The van der Waals surface area contributed by atoms with E-state index >= 15 is 0 Å². The third-order valence-corrected chi connectivity index (χ3v) is 8.38. The van der Waals surface area contributed by atoms with Gasteiger partial charge in [-0.05, 0) is 86.5 Å². The number of H-pyrrole nitrogens is 1. The van der Waals surface area contributed by atoms with E-state index < -0.39 is 0 Å². The first-order chi connectivity index (χ1) is 18.5. The number of hydrogen-bond acceptors (Lipinski definition) is 4. The molecule has 0 saturated carbocycles. The zero-order valence-electron chi connectivity index (χ0n) is 21.2. The topological polar surface area (TPSA) is 61.0 Å². The van der Waals surface area contributed by atoms with Gasteiger partial charge in [-0.15, -0.1) is 0 Å². The van der Waals surface area contributed by atoms with Crippen molar-refractivity contribution in [1.82, 2.24) is 15.1 Å². The predicted molar refractivity (Wildman–Crippen MR) is 146 cm³/mol. The smallest absolute Gasteiger partial charge is 0.272 e. The van der Waals surface area contributed by atoms with E-state index in [1.54, 1.807) is 0 Å². The molecule has 6 rings (SSSR count). The number of nitrogens with one attached hydrogen (secondary N) is 2. The van der Waals surface area contributed by atoms with E-state index in [1.165, 1.54) is 37.1 Å². The van der Waals surface area contributed by atoms with E-state index in [4.69, 9.17) is 0 Å². The molecule has 38 heavy (non-hydrogen) atoms. The molecule has 2 fully saturated rings. The van der Waals surface area contributed by atoms with E-state index in [-0.39, 0.29) is 23.1 Å². The van der Waals surface area contributed by atoms with Gasteiger partial charge in [0, 0.05) is 29.4 Å². The molecule has 2 aliphatic heterocycles. The Bertz CT molecular complexity index is 1390. The first-order valence-electron chi connectivity index (χ1n) is 13.6. The quantitative estimate of drug-likeness (QED) is 0.293. The highest BCUT2D eigenvalue weighted by atomic mass is 19.1. The summed E-state index contributed by atoms with van der Waals surface area (Å²) in [5, 5.41) is 12.1. The van der Waals surface area contributed by atoms with E-state index in [0.717, 1.165) is 54.6 Å². The van der Waals surface area contributed by atoms with Crippen LogP contribution >= 0.6 is 0 Å². The first-order valence-corrected chi connectivity index (χ1v) is 13.6. The monoisotopic (exact) mass is 514 g/mol. The van der Waals surface area contributed by atoms with Crippen molar-refractivity contribution >= 4 is 16.6 Å². The Labute approximate surface area is 220 Å². The van der Waals surface area contributed by atoms with E-state index in [1.807, 2.05) is 48.5 Å². The second-order valence-corrected chi connectivity index (χ2v) is 10.7. The molecule has 0 radical (unpaired) electrons. The fourth-order valence-electron chi connectivity index (χ4n) is 6.57. The summed E-state index contributed by atoms with van der Waals surface area (Å²) in [5.41, 5.74) is 1.95. The third-order valence-electron chi connectivity index (χ3n) is 8.38. The van der Waals surface area contributed by atoms with Crippen LogP contribution in [0.1, 0.15) is 55.6 Å². The maximum Gasteiger partial charge on any atom is 0.272 e. The Morgan fingerprint density at radius 1 is 0.868 bits per heavy atom. The lowest BCUT2D eigenvalue weighted by atomic mass is 9.87. The highest BCUT2D eigenvalue weighted by Crippen LogP contribution is 2.38. The molecule has 7 heteroatoms. The molecule has 3 aromatic carbocycles. The summed E-state index contributed by atoms with van der Waals surface area (Å²) in [5.74, 6) is 0.363. The van der Waals surface area contributed by atoms with E-state index in [9.17, 15) is 13.6 Å². The minimum atomic E-state index is -0.246. The maximum atomic E-state index is 13.6. The lowest BCUT2D eigenvalue weighted by Crippen LogP contribution is -2.47. The van der Waals surface area contributed by atoms with Crippen molar-refractivity contribution < 1.29 is 8.78 Å². The normalized spacial score (nSPS) is 21.3. The van der Waals surface area contributed by atoms with Gasteiger partial charge in [-0.1, -0.05) is 42.5 Å². The number of halogens is 2. The Kier molecular flexibility index (Phi) is 6.94. The SMILES string of the molecule is O=c1[nH]nc(N[C@@H]2C[C@H]3CC[C@@H](C2)N3CCCC(c2ccc(F)cc2)c2ccc(F)cc2)c2ccccc12. The fraction of sp³-hybridized carbons (Fsp3) is 0.355. The fourth-order valence-corrected chi connectivity index (χ4v) is 6.57. The third kappa shape index (κ3) is 5.07. The van der Waals surface area contributed by atoms with Crippen LogP contribution in [-0.4, -0.2) is 39.8 Å². The molecule has 2 saturated heterocycles. The number of aromatic amines is 1. The number of benzene rings is 3. The van der Waals surface area contributed by atoms with Crippen LogP contribution in [0, 0.1) is 11.6 Å². The molecule has 0 spiro atoms. The van der Waals surface area contributed by atoms with Gasteiger partial charge in [0.05, 0.1) is 5.39 Å². The van der Waals surface area contributed by atoms with Gasteiger partial charge in [0.1, 0.15) is 11.6 Å². The van der Waals surface area contributed by atoms with Gasteiger partial charge in [0.25, 0.3) is 5.56 Å². The van der Waals surface area contributed by atoms with Gasteiger partial charge in [0.2, 0.25) is 0 Å². The molecule has 4 aromatic rings. The van der Waals surface area contributed by atoms with Gasteiger partial charge < -0.3 is 5.32 Å². The maximum absolute atomic E-state index is 13.6. The van der Waals surface area contributed by atoms with Crippen LogP contribution in [0.4, 0.5) is 14.6 Å². The summed E-state index contributed by atoms with van der Waals surface area (Å²) in [6.07, 6.45) is 6.42. The Balaban J connectivity index is 1.11. The Hall–Kier alpha value is -3.58. The van der Waals surface area contributed by atoms with Gasteiger partial charge in [-0.3, -0.25) is 9.69 Å². The molecule has 3 atom stereocenters. The lowest BCUT2D eigenvalue weighted by molar-refractivity contribution is 0.129. The van der Waals surface area contributed by atoms with Crippen molar-refractivity contribution in [3.8, 4) is 0 Å². The van der Waals surface area contributed by atoms with Gasteiger partial charge >= 0.3 is 0 Å². The summed E-state index contributed by atoms with van der Waals surface area (Å²) in [4.78, 5) is 14.8. The number of nitrogens with zero attached hydrogens (tertiary/aromatic N) is 2. The van der Waals surface area contributed by atoms with Crippen LogP contribution in [0.2, 0.25) is 0 Å². The number of rotatable bonds is 8. The standard InChI is InChI=1S/C31H32F2N4O/c32-22-11-7-20(8-12-22)27(21-9-13-23(33)14-10-21)6-3-17-37-25-15-16-26(37)19-24(18-25)34-30-28-4-1-2-5-29(28)31(38)36-35-30/h1-2,4-5,7-14,24-27H,3,6,15-19H2,(H,34,35)(H,36,38)/t24-,25-,26+. The highest BCUT2D eigenvalue weighted by Gasteiger charge is 2.40. The lowest BCUT2D eigenvalue weighted by Gasteiger charge is -2.39. The van der Waals surface area contributed by atoms with Crippen molar-refractivity contribution in [3.05, 3.63) is 106 Å². The zero-order chi connectivity index (χ0) is 26.1. The molecule has 1 aromatic heterocycles. The van der Waals surface area contributed by atoms with Crippen molar-refractivity contribution in [2.45, 2.75) is 62.6 Å². The largest absolute Gasteiger partial charge is 0.365 e. The van der Waals surface area contributed by atoms with Crippen LogP contribution in [0.5, 0.6) is 0 Å². The second-order valence-electron chi connectivity index (χ2n) is 10.7. The van der Waals surface area contributed by atoms with Crippen LogP contribution in [0.3, 0.4) is 0 Å². The Morgan fingerprint density at radius 3 is 2.05 bits per heavy atom.